The van der Waals surface area contributed by atoms with Crippen LogP contribution in [-0.4, -0.2) is 68.4 Å². The molecule has 1 aromatic carbocycles. The SMILES string of the molecule is CC1=C[C@H]2[C@@]3(O)[C@H](C)[C@@H](OC(=O)NCCCc4ccccc4)[C@]4(O)[C@@H]([C@@H]3C=C(CO)C[C@]2(O)C1=O)C4(C)C. The first-order valence-corrected chi connectivity index (χ1v) is 13.5. The van der Waals surface area contributed by atoms with Crippen molar-refractivity contribution in [1.29, 1.82) is 0 Å². The molecule has 2 fully saturated rings. The fourth-order valence-corrected chi connectivity index (χ4v) is 7.89. The molecule has 0 bridgehead atoms. The van der Waals surface area contributed by atoms with Crippen LogP contribution in [0.2, 0.25) is 0 Å². The third kappa shape index (κ3) is 3.64. The van der Waals surface area contributed by atoms with Crippen LogP contribution in [0.4, 0.5) is 4.79 Å². The van der Waals surface area contributed by atoms with Crippen molar-refractivity contribution in [2.45, 2.75) is 69.9 Å². The van der Waals surface area contributed by atoms with Crippen molar-refractivity contribution in [2.24, 2.45) is 29.1 Å². The summed E-state index contributed by atoms with van der Waals surface area (Å²) in [5.74, 6) is -3.47. The standard InChI is InChI=1S/C30H39NO7/c1-17-13-22-28(35,24(17)33)15-20(16-32)14-21-23-27(3,4)30(23,37)25(18(2)29(21,22)36)38-26(34)31-12-8-11-19-9-6-5-7-10-19/h5-7,9-10,13-14,18,21-23,25,32,35-37H,8,11-12,15-16H2,1-4H3,(H,31,34)/t18-,21+,22-,23+,25-,28-,29-,30-/m1/s1. The Morgan fingerprint density at radius 1 is 1.13 bits per heavy atom. The number of carbonyl (C=O) groups is 2. The largest absolute Gasteiger partial charge is 0.443 e. The summed E-state index contributed by atoms with van der Waals surface area (Å²) in [6, 6.07) is 9.94. The summed E-state index contributed by atoms with van der Waals surface area (Å²) in [7, 11) is 0. The molecule has 5 N–H and O–H groups in total. The number of ether oxygens (including phenoxy) is 1. The van der Waals surface area contributed by atoms with E-state index in [1.54, 1.807) is 26.0 Å². The normalized spacial score (nSPS) is 40.6. The Bertz CT molecular complexity index is 1190. The first-order chi connectivity index (χ1) is 17.8. The van der Waals surface area contributed by atoms with E-state index < -0.39 is 63.9 Å². The molecular formula is C30H39NO7. The average Bonchev–Trinajstić information content (AvgIpc) is 3.28. The molecule has 206 valence electrons. The Labute approximate surface area is 223 Å². The van der Waals surface area contributed by atoms with Gasteiger partial charge in [0.2, 0.25) is 0 Å². The lowest BCUT2D eigenvalue weighted by atomic mass is 9.59. The van der Waals surface area contributed by atoms with Crippen LogP contribution in [0.5, 0.6) is 0 Å². The van der Waals surface area contributed by atoms with Gasteiger partial charge in [-0.25, -0.2) is 4.79 Å². The van der Waals surface area contributed by atoms with Gasteiger partial charge < -0.3 is 30.5 Å². The fourth-order valence-electron chi connectivity index (χ4n) is 7.89. The second-order valence-corrected chi connectivity index (χ2v) is 12.3. The molecule has 1 aromatic rings. The smallest absolute Gasteiger partial charge is 0.407 e. The van der Waals surface area contributed by atoms with Crippen LogP contribution in [0, 0.1) is 29.1 Å². The Morgan fingerprint density at radius 3 is 2.47 bits per heavy atom. The molecule has 5 rings (SSSR count). The minimum Gasteiger partial charge on any atom is -0.443 e. The van der Waals surface area contributed by atoms with E-state index in [2.05, 4.69) is 5.32 Å². The van der Waals surface area contributed by atoms with Crippen LogP contribution >= 0.6 is 0 Å². The third-order valence-electron chi connectivity index (χ3n) is 9.99. The summed E-state index contributed by atoms with van der Waals surface area (Å²) in [5, 5.41) is 48.9. The van der Waals surface area contributed by atoms with Crippen molar-refractivity contribution in [2.75, 3.05) is 13.2 Å². The number of aryl methyl sites for hydroxylation is 1. The Morgan fingerprint density at radius 2 is 1.82 bits per heavy atom. The van der Waals surface area contributed by atoms with Crippen molar-refractivity contribution in [3.63, 3.8) is 0 Å². The highest BCUT2D eigenvalue weighted by molar-refractivity contribution is 6.04. The van der Waals surface area contributed by atoms with Gasteiger partial charge in [-0.1, -0.05) is 63.3 Å². The van der Waals surface area contributed by atoms with Crippen LogP contribution in [-0.2, 0) is 16.0 Å². The molecule has 8 heteroatoms. The van der Waals surface area contributed by atoms with Gasteiger partial charge in [0, 0.05) is 42.1 Å². The van der Waals surface area contributed by atoms with E-state index in [4.69, 9.17) is 4.74 Å². The van der Waals surface area contributed by atoms with Crippen molar-refractivity contribution >= 4 is 11.9 Å². The van der Waals surface area contributed by atoms with Crippen molar-refractivity contribution < 1.29 is 34.8 Å². The highest BCUT2D eigenvalue weighted by atomic mass is 16.6. The second-order valence-electron chi connectivity index (χ2n) is 12.3. The van der Waals surface area contributed by atoms with Crippen LogP contribution in [0.1, 0.15) is 46.1 Å². The van der Waals surface area contributed by atoms with Gasteiger partial charge in [-0.05, 0) is 36.5 Å². The highest BCUT2D eigenvalue weighted by Crippen LogP contribution is 2.75. The van der Waals surface area contributed by atoms with Gasteiger partial charge in [0.05, 0.1) is 12.2 Å². The number of aliphatic hydroxyl groups is 4. The lowest BCUT2D eigenvalue weighted by Crippen LogP contribution is -2.66. The van der Waals surface area contributed by atoms with Gasteiger partial charge in [-0.2, -0.15) is 0 Å². The monoisotopic (exact) mass is 525 g/mol. The maximum absolute atomic E-state index is 13.1. The zero-order valence-electron chi connectivity index (χ0n) is 22.5. The number of hydrogen-bond donors (Lipinski definition) is 5. The predicted octanol–water partition coefficient (Wildman–Crippen LogP) is 2.30. The first-order valence-electron chi connectivity index (χ1n) is 13.5. The Hall–Kier alpha value is -2.52. The predicted molar refractivity (Wildman–Crippen MR) is 140 cm³/mol. The van der Waals surface area contributed by atoms with Gasteiger partial charge >= 0.3 is 6.09 Å². The van der Waals surface area contributed by atoms with E-state index in [0.29, 0.717) is 24.1 Å². The number of alkyl carbamates (subject to hydrolysis) is 1. The minimum absolute atomic E-state index is 0.106. The molecule has 0 unspecified atom stereocenters. The van der Waals surface area contributed by atoms with Gasteiger partial charge in [-0.3, -0.25) is 4.79 Å². The Balaban J connectivity index is 1.42. The van der Waals surface area contributed by atoms with E-state index in [0.717, 1.165) is 6.42 Å². The third-order valence-corrected chi connectivity index (χ3v) is 9.99. The molecule has 0 radical (unpaired) electrons. The Kier molecular flexibility index (Phi) is 6.42. The van der Waals surface area contributed by atoms with Crippen LogP contribution in [0.15, 0.2) is 53.6 Å². The van der Waals surface area contributed by atoms with E-state index >= 15 is 0 Å². The fraction of sp³-hybridized carbons (Fsp3) is 0.600. The molecule has 2 saturated carbocycles. The topological polar surface area (TPSA) is 136 Å². The zero-order chi connectivity index (χ0) is 27.7. The number of Topliss-reactive ketones (excluding diaryl/α,β-unsaturated/α-hetero) is 1. The number of hydrogen-bond acceptors (Lipinski definition) is 7. The number of nitrogens with one attached hydrogen (secondary N) is 1. The summed E-state index contributed by atoms with van der Waals surface area (Å²) in [5.41, 5.74) is -3.82. The number of amides is 1. The van der Waals surface area contributed by atoms with Crippen LogP contribution < -0.4 is 5.32 Å². The summed E-state index contributed by atoms with van der Waals surface area (Å²) < 4.78 is 5.87. The van der Waals surface area contributed by atoms with E-state index in [1.165, 1.54) is 5.56 Å². The number of rotatable bonds is 6. The average molecular weight is 526 g/mol. The summed E-state index contributed by atoms with van der Waals surface area (Å²) in [6.45, 7) is 7.06. The molecular weight excluding hydrogens is 486 g/mol. The van der Waals surface area contributed by atoms with Crippen LogP contribution in [0.25, 0.3) is 0 Å². The van der Waals surface area contributed by atoms with Crippen molar-refractivity contribution in [3.05, 3.63) is 59.2 Å². The lowest BCUT2D eigenvalue weighted by molar-refractivity contribution is -0.209. The van der Waals surface area contributed by atoms with Gasteiger partial charge in [0.25, 0.3) is 0 Å². The zero-order valence-corrected chi connectivity index (χ0v) is 22.5. The summed E-state index contributed by atoms with van der Waals surface area (Å²) >= 11 is 0. The molecule has 0 aromatic heterocycles. The molecule has 0 spiro atoms. The first kappa shape index (κ1) is 27.1. The van der Waals surface area contributed by atoms with Crippen LogP contribution in [0.3, 0.4) is 0 Å². The van der Waals surface area contributed by atoms with Gasteiger partial charge in [0.15, 0.2) is 5.78 Å². The minimum atomic E-state index is -1.92. The number of aliphatic hydroxyl groups excluding tert-OH is 1. The lowest BCUT2D eigenvalue weighted by Gasteiger charge is -2.52. The van der Waals surface area contributed by atoms with E-state index in [-0.39, 0.29) is 13.0 Å². The maximum atomic E-state index is 13.1. The van der Waals surface area contributed by atoms with Crippen molar-refractivity contribution in [1.82, 2.24) is 5.32 Å². The number of ketones is 1. The molecule has 1 amide bonds. The van der Waals surface area contributed by atoms with E-state index in [9.17, 15) is 30.0 Å². The summed E-state index contributed by atoms with van der Waals surface area (Å²) in [4.78, 5) is 26.0. The van der Waals surface area contributed by atoms with E-state index in [1.807, 2.05) is 44.2 Å². The molecule has 38 heavy (non-hydrogen) atoms. The molecule has 8 nitrogen and oxygen atoms in total. The summed E-state index contributed by atoms with van der Waals surface area (Å²) in [6.07, 6.45) is 2.98. The number of carbonyl (C=O) groups excluding carboxylic acids is 2. The highest BCUT2D eigenvalue weighted by Gasteiger charge is 2.85. The molecule has 0 aliphatic heterocycles. The molecule has 0 heterocycles. The molecule has 4 aliphatic rings. The number of benzene rings is 1. The quantitative estimate of drug-likeness (QED) is 0.284. The van der Waals surface area contributed by atoms with Gasteiger partial charge in [0.1, 0.15) is 17.3 Å². The molecule has 0 saturated heterocycles. The molecule has 4 aliphatic carbocycles. The second kappa shape index (κ2) is 9.01. The van der Waals surface area contributed by atoms with Crippen molar-refractivity contribution in [3.8, 4) is 0 Å². The van der Waals surface area contributed by atoms with Gasteiger partial charge in [-0.15, -0.1) is 0 Å². The maximum Gasteiger partial charge on any atom is 0.407 e. The number of fused-ring (bicyclic) bond motifs is 5. The molecule has 8 atom stereocenters.